The van der Waals surface area contributed by atoms with E-state index in [9.17, 15) is 13.6 Å². The number of nitrogens with zero attached hydrogens (tertiary/aromatic N) is 4. The largest absolute Gasteiger partial charge is 0.368 e. The third-order valence-electron chi connectivity index (χ3n) is 4.76. The summed E-state index contributed by atoms with van der Waals surface area (Å²) >= 11 is 0. The van der Waals surface area contributed by atoms with E-state index in [1.165, 1.54) is 6.20 Å². The van der Waals surface area contributed by atoms with E-state index in [1.807, 2.05) is 6.07 Å². The Labute approximate surface area is 164 Å². The summed E-state index contributed by atoms with van der Waals surface area (Å²) in [5.41, 5.74) is 7.79. The fraction of sp³-hybridized carbons (Fsp3) is 0.190. The molecule has 4 aromatic rings. The topological polar surface area (TPSA) is 78.2 Å². The molecule has 0 spiro atoms. The van der Waals surface area contributed by atoms with E-state index in [0.717, 1.165) is 16.6 Å². The van der Waals surface area contributed by atoms with E-state index >= 15 is 0 Å². The van der Waals surface area contributed by atoms with Gasteiger partial charge in [0, 0.05) is 17.1 Å². The van der Waals surface area contributed by atoms with Crippen LogP contribution in [-0.4, -0.2) is 25.3 Å². The van der Waals surface area contributed by atoms with Crippen LogP contribution in [0.4, 0.5) is 8.78 Å². The van der Waals surface area contributed by atoms with Gasteiger partial charge in [0.05, 0.1) is 29.0 Å². The van der Waals surface area contributed by atoms with Crippen LogP contribution in [-0.2, 0) is 4.79 Å². The first-order valence-corrected chi connectivity index (χ1v) is 8.83. The predicted octanol–water partition coefficient (Wildman–Crippen LogP) is 3.61. The van der Waals surface area contributed by atoms with Gasteiger partial charge < -0.3 is 5.73 Å². The van der Waals surface area contributed by atoms with Gasteiger partial charge in [0.15, 0.2) is 0 Å². The molecule has 0 unspecified atom stereocenters. The predicted molar refractivity (Wildman–Crippen MR) is 105 cm³/mol. The number of fused-ring (bicyclic) bond motifs is 2. The second-order valence-corrected chi connectivity index (χ2v) is 7.15. The van der Waals surface area contributed by atoms with Gasteiger partial charge in [-0.2, -0.15) is 19.0 Å². The first kappa shape index (κ1) is 18.6. The molecule has 8 heteroatoms. The fourth-order valence-corrected chi connectivity index (χ4v) is 3.02. The summed E-state index contributed by atoms with van der Waals surface area (Å²) in [6.07, 6.45) is 4.89. The number of primary amides is 1. The van der Waals surface area contributed by atoms with Crippen molar-refractivity contribution in [2.45, 2.75) is 20.4 Å². The fourth-order valence-electron chi connectivity index (χ4n) is 3.02. The highest BCUT2D eigenvalue weighted by molar-refractivity contribution is 5.91. The van der Waals surface area contributed by atoms with Gasteiger partial charge in [-0.05, 0) is 43.7 Å². The lowest BCUT2D eigenvalue weighted by atomic mass is 9.93. The first-order chi connectivity index (χ1) is 13.8. The van der Waals surface area contributed by atoms with Crippen molar-refractivity contribution in [3.63, 3.8) is 0 Å². The number of pyridine rings is 1. The van der Waals surface area contributed by atoms with Crippen LogP contribution in [0.3, 0.4) is 0 Å². The number of hydrogen-bond acceptors (Lipinski definition) is 3. The Kier molecular flexibility index (Phi) is 4.31. The third-order valence-corrected chi connectivity index (χ3v) is 4.76. The zero-order chi connectivity index (χ0) is 20.8. The molecule has 0 atom stereocenters. The molecule has 0 aliphatic rings. The molecule has 6 nitrogen and oxygen atoms in total. The van der Waals surface area contributed by atoms with Crippen LogP contribution in [0.15, 0.2) is 48.9 Å². The number of alkyl halides is 2. The Morgan fingerprint density at radius 3 is 2.72 bits per heavy atom. The van der Waals surface area contributed by atoms with Crippen molar-refractivity contribution in [2.24, 2.45) is 11.1 Å². The zero-order valence-electron chi connectivity index (χ0n) is 15.7. The average molecular weight is 393 g/mol. The monoisotopic (exact) mass is 393 g/mol. The molecule has 3 aromatic heterocycles. The average Bonchev–Trinajstić information content (AvgIpc) is 3.30. The van der Waals surface area contributed by atoms with E-state index in [0.29, 0.717) is 21.1 Å². The van der Waals surface area contributed by atoms with E-state index < -0.39 is 17.9 Å². The molecule has 0 radical (unpaired) electrons. The number of carbonyl (C=O) groups excluding carboxylic acids is 1. The van der Waals surface area contributed by atoms with Gasteiger partial charge in [0.25, 0.3) is 0 Å². The van der Waals surface area contributed by atoms with Gasteiger partial charge in [0.1, 0.15) is 5.41 Å². The Bertz CT molecular complexity index is 1310. The van der Waals surface area contributed by atoms with Crippen LogP contribution in [0.2, 0.25) is 0 Å². The lowest BCUT2D eigenvalue weighted by Crippen LogP contribution is -2.29. The molecule has 2 N–H and O–H groups in total. The van der Waals surface area contributed by atoms with Gasteiger partial charge in [-0.3, -0.25) is 4.79 Å². The maximum absolute atomic E-state index is 13.0. The molecule has 0 fully saturated rings. The zero-order valence-corrected chi connectivity index (χ0v) is 15.7. The van der Waals surface area contributed by atoms with E-state index in [1.54, 1.807) is 55.0 Å². The lowest BCUT2D eigenvalue weighted by molar-refractivity contribution is -0.123. The molecule has 0 aliphatic carbocycles. The second-order valence-electron chi connectivity index (χ2n) is 7.15. The molecule has 3 heterocycles. The number of aromatic nitrogens is 4. The van der Waals surface area contributed by atoms with Crippen LogP contribution < -0.4 is 5.73 Å². The standard InChI is InChI=1S/C21H17F2N5O/c1-21(2,19(24)29)8-7-13-4-3-9-27-18(13)16(12-25-27)14-5-6-17-15(10-14)11-26-28(17)20(22)23/h3-6,9-12,20H,1-2H3,(H2,24,29). The number of halogens is 2. The number of nitrogens with two attached hydrogens (primary N) is 1. The number of rotatable bonds is 3. The molecule has 1 amide bonds. The van der Waals surface area contributed by atoms with Crippen molar-refractivity contribution in [1.82, 2.24) is 19.4 Å². The molecule has 146 valence electrons. The number of carbonyl (C=O) groups is 1. The summed E-state index contributed by atoms with van der Waals surface area (Å²) in [6, 6.07) is 8.78. The van der Waals surface area contributed by atoms with Gasteiger partial charge in [-0.25, -0.2) is 9.20 Å². The summed E-state index contributed by atoms with van der Waals surface area (Å²) in [5, 5.41) is 8.71. The Hall–Kier alpha value is -3.73. The Morgan fingerprint density at radius 2 is 2.00 bits per heavy atom. The molecule has 0 saturated heterocycles. The van der Waals surface area contributed by atoms with Crippen molar-refractivity contribution in [2.75, 3.05) is 0 Å². The highest BCUT2D eigenvalue weighted by Gasteiger charge is 2.22. The first-order valence-electron chi connectivity index (χ1n) is 8.83. The van der Waals surface area contributed by atoms with Gasteiger partial charge >= 0.3 is 6.55 Å². The SMILES string of the molecule is CC(C)(C#Cc1cccn2ncc(-c3ccc4c(cnn4C(F)F)c3)c12)C(N)=O. The summed E-state index contributed by atoms with van der Waals surface area (Å²) in [6.45, 7) is 0.619. The molecule has 0 aliphatic heterocycles. The minimum absolute atomic E-state index is 0.350. The van der Waals surface area contributed by atoms with Crippen LogP contribution >= 0.6 is 0 Å². The summed E-state index contributed by atoms with van der Waals surface area (Å²) in [5.74, 6) is 5.45. The molecule has 1 aromatic carbocycles. The normalized spacial score (nSPS) is 11.8. The molecule has 29 heavy (non-hydrogen) atoms. The molecular weight excluding hydrogens is 376 g/mol. The van der Waals surface area contributed by atoms with Crippen molar-refractivity contribution < 1.29 is 13.6 Å². The van der Waals surface area contributed by atoms with Crippen molar-refractivity contribution in [3.05, 3.63) is 54.5 Å². The minimum atomic E-state index is -2.70. The second kappa shape index (κ2) is 6.71. The van der Waals surface area contributed by atoms with Crippen LogP contribution in [0, 0.1) is 17.3 Å². The smallest absolute Gasteiger partial charge is 0.333 e. The number of hydrogen-bond donors (Lipinski definition) is 1. The van der Waals surface area contributed by atoms with Crippen LogP contribution in [0.1, 0.15) is 26.0 Å². The maximum atomic E-state index is 13.0. The minimum Gasteiger partial charge on any atom is -0.368 e. The van der Waals surface area contributed by atoms with Crippen molar-refractivity contribution in [3.8, 4) is 23.0 Å². The van der Waals surface area contributed by atoms with Crippen molar-refractivity contribution in [1.29, 1.82) is 0 Å². The highest BCUT2D eigenvalue weighted by atomic mass is 19.3. The highest BCUT2D eigenvalue weighted by Crippen LogP contribution is 2.30. The van der Waals surface area contributed by atoms with E-state index in [4.69, 9.17) is 5.73 Å². The lowest BCUT2D eigenvalue weighted by Gasteiger charge is -2.11. The van der Waals surface area contributed by atoms with E-state index in [-0.39, 0.29) is 0 Å². The van der Waals surface area contributed by atoms with Crippen LogP contribution in [0.25, 0.3) is 27.5 Å². The third kappa shape index (κ3) is 3.21. The van der Waals surface area contributed by atoms with Crippen molar-refractivity contribution >= 4 is 22.3 Å². The molecular formula is C21H17F2N5O. The van der Waals surface area contributed by atoms with Crippen LogP contribution in [0.5, 0.6) is 0 Å². The van der Waals surface area contributed by atoms with Gasteiger partial charge in [-0.15, -0.1) is 0 Å². The summed E-state index contributed by atoms with van der Waals surface area (Å²) in [7, 11) is 0. The van der Waals surface area contributed by atoms with Gasteiger partial charge in [0.2, 0.25) is 5.91 Å². The number of amides is 1. The van der Waals surface area contributed by atoms with Gasteiger partial charge in [-0.1, -0.05) is 17.9 Å². The molecule has 0 bridgehead atoms. The summed E-state index contributed by atoms with van der Waals surface area (Å²) in [4.78, 5) is 11.6. The quantitative estimate of drug-likeness (QED) is 0.540. The maximum Gasteiger partial charge on any atom is 0.333 e. The molecule has 4 rings (SSSR count). The summed E-state index contributed by atoms with van der Waals surface area (Å²) < 4.78 is 28.4. The molecule has 0 saturated carbocycles. The Balaban J connectivity index is 1.87. The Morgan fingerprint density at radius 1 is 1.21 bits per heavy atom. The van der Waals surface area contributed by atoms with E-state index in [2.05, 4.69) is 22.0 Å². The number of benzene rings is 1.